The molecule has 174 valence electrons. The van der Waals surface area contributed by atoms with Crippen molar-refractivity contribution in [2.75, 3.05) is 17.7 Å². The second-order valence-electron chi connectivity index (χ2n) is 8.00. The molecule has 2 aromatic heterocycles. The van der Waals surface area contributed by atoms with Crippen molar-refractivity contribution < 1.29 is 9.53 Å². The summed E-state index contributed by atoms with van der Waals surface area (Å²) in [5.41, 5.74) is 4.38. The average molecular weight is 473 g/mol. The van der Waals surface area contributed by atoms with Gasteiger partial charge in [0.15, 0.2) is 0 Å². The monoisotopic (exact) mass is 472 g/mol. The highest BCUT2D eigenvalue weighted by molar-refractivity contribution is 7.16. The smallest absolute Gasteiger partial charge is 0.256 e. The van der Waals surface area contributed by atoms with Crippen LogP contribution >= 0.6 is 11.3 Å². The first kappa shape index (κ1) is 23.4. The number of ether oxygens (including phenoxy) is 1. The highest BCUT2D eigenvalue weighted by Gasteiger charge is 2.23. The second-order valence-corrected chi connectivity index (χ2v) is 9.13. The molecule has 0 aliphatic rings. The molecule has 0 saturated carbocycles. The largest absolute Gasteiger partial charge is 0.497 e. The summed E-state index contributed by atoms with van der Waals surface area (Å²) in [6.07, 6.45) is 0.869. The molecule has 34 heavy (non-hydrogen) atoms. The van der Waals surface area contributed by atoms with Crippen LogP contribution < -0.4 is 15.4 Å². The topological polar surface area (TPSA) is 76.1 Å². The van der Waals surface area contributed by atoms with E-state index in [1.165, 1.54) is 4.88 Å². The summed E-state index contributed by atoms with van der Waals surface area (Å²) in [6.45, 7) is 6.02. The van der Waals surface area contributed by atoms with Crippen molar-refractivity contribution in [2.24, 2.45) is 0 Å². The number of hydrogen-bond acceptors (Lipinski definition) is 6. The molecular weight excluding hydrogens is 444 g/mol. The number of methoxy groups -OCH3 is 1. The SMILES string of the molecule is CCc1cc([C@H](Nc2nc(C)cc(C)n2)c2ccc(OC)cc2)c(NC(=O)c2ccccc2)s1. The average Bonchev–Trinajstić information content (AvgIpc) is 3.25. The first-order valence-electron chi connectivity index (χ1n) is 11.2. The van der Waals surface area contributed by atoms with Gasteiger partial charge < -0.3 is 15.4 Å². The van der Waals surface area contributed by atoms with Crippen LogP contribution in [0.4, 0.5) is 10.9 Å². The Hall–Kier alpha value is -3.71. The summed E-state index contributed by atoms with van der Waals surface area (Å²) in [4.78, 5) is 23.4. The van der Waals surface area contributed by atoms with Gasteiger partial charge in [-0.05, 0) is 62.2 Å². The fourth-order valence-corrected chi connectivity index (χ4v) is 4.80. The lowest BCUT2D eigenvalue weighted by molar-refractivity contribution is 0.102. The third-order valence-corrected chi connectivity index (χ3v) is 6.65. The molecule has 7 heteroatoms. The summed E-state index contributed by atoms with van der Waals surface area (Å²) >= 11 is 1.59. The third kappa shape index (κ3) is 5.43. The number of nitrogens with one attached hydrogen (secondary N) is 2. The minimum atomic E-state index is -0.269. The van der Waals surface area contributed by atoms with Crippen LogP contribution in [0.15, 0.2) is 66.7 Å². The highest BCUT2D eigenvalue weighted by atomic mass is 32.1. The van der Waals surface area contributed by atoms with E-state index >= 15 is 0 Å². The van der Waals surface area contributed by atoms with Crippen LogP contribution in [0.1, 0.15) is 50.7 Å². The van der Waals surface area contributed by atoms with E-state index in [1.807, 2.05) is 74.5 Å². The van der Waals surface area contributed by atoms with Gasteiger partial charge in [0.05, 0.1) is 13.2 Å². The van der Waals surface area contributed by atoms with Crippen molar-refractivity contribution in [1.82, 2.24) is 9.97 Å². The van der Waals surface area contributed by atoms with Gasteiger partial charge in [0.2, 0.25) is 5.95 Å². The Morgan fingerprint density at radius 2 is 1.68 bits per heavy atom. The quantitative estimate of drug-likeness (QED) is 0.320. The molecule has 0 bridgehead atoms. The van der Waals surface area contributed by atoms with Crippen molar-refractivity contribution >= 4 is 28.2 Å². The zero-order valence-electron chi connectivity index (χ0n) is 19.8. The fraction of sp³-hybridized carbons (Fsp3) is 0.222. The van der Waals surface area contributed by atoms with Gasteiger partial charge in [0, 0.05) is 27.4 Å². The molecule has 6 nitrogen and oxygen atoms in total. The van der Waals surface area contributed by atoms with Crippen LogP contribution in [0.5, 0.6) is 5.75 Å². The van der Waals surface area contributed by atoms with Crippen LogP contribution in [0.3, 0.4) is 0 Å². The number of anilines is 2. The van der Waals surface area contributed by atoms with E-state index in [2.05, 4.69) is 33.6 Å². The molecule has 2 N–H and O–H groups in total. The molecule has 4 aromatic rings. The molecule has 0 aliphatic carbocycles. The Labute approximate surface area is 204 Å². The molecule has 4 rings (SSSR count). The maximum atomic E-state index is 13.0. The van der Waals surface area contributed by atoms with E-state index in [0.29, 0.717) is 11.5 Å². The van der Waals surface area contributed by atoms with E-state index in [4.69, 9.17) is 4.74 Å². The number of nitrogens with zero attached hydrogens (tertiary/aromatic N) is 2. The van der Waals surface area contributed by atoms with Gasteiger partial charge in [-0.25, -0.2) is 9.97 Å². The van der Waals surface area contributed by atoms with Gasteiger partial charge in [0.25, 0.3) is 5.91 Å². The van der Waals surface area contributed by atoms with E-state index in [0.717, 1.165) is 39.7 Å². The number of aromatic nitrogens is 2. The number of amides is 1. The zero-order valence-corrected chi connectivity index (χ0v) is 20.6. The third-order valence-electron chi connectivity index (χ3n) is 5.44. The van der Waals surface area contributed by atoms with Crippen molar-refractivity contribution in [3.8, 4) is 5.75 Å². The zero-order chi connectivity index (χ0) is 24.1. The summed E-state index contributed by atoms with van der Waals surface area (Å²) in [7, 11) is 1.65. The molecule has 0 aliphatic heterocycles. The maximum Gasteiger partial charge on any atom is 0.256 e. The Morgan fingerprint density at radius 1 is 1.00 bits per heavy atom. The van der Waals surface area contributed by atoms with E-state index in [1.54, 1.807) is 18.4 Å². The molecule has 0 saturated heterocycles. The summed E-state index contributed by atoms with van der Waals surface area (Å²) in [6, 6.07) is 21.0. The number of hydrogen-bond donors (Lipinski definition) is 2. The molecule has 1 atom stereocenters. The Balaban J connectivity index is 1.76. The van der Waals surface area contributed by atoms with Crippen LogP contribution in [-0.4, -0.2) is 23.0 Å². The fourth-order valence-electron chi connectivity index (χ4n) is 3.77. The molecule has 1 amide bonds. The lowest BCUT2D eigenvalue weighted by Crippen LogP contribution is -2.18. The molecule has 0 radical (unpaired) electrons. The van der Waals surface area contributed by atoms with Gasteiger partial charge >= 0.3 is 0 Å². The van der Waals surface area contributed by atoms with Crippen molar-refractivity contribution in [1.29, 1.82) is 0 Å². The molecule has 0 spiro atoms. The predicted molar refractivity (Wildman–Crippen MR) is 138 cm³/mol. The minimum absolute atomic E-state index is 0.137. The number of carbonyl (C=O) groups excluding carboxylic acids is 1. The molecular formula is C27H28N4O2S. The standard InChI is InChI=1S/C27H28N4O2S/c1-5-22-16-23(26(34-22)31-25(32)20-9-7-6-8-10-20)24(19-11-13-21(33-4)14-12-19)30-27-28-17(2)15-18(3)29-27/h6-16,24H,5H2,1-4H3,(H,31,32)(H,28,29,30)/t24-/m1/s1. The number of aryl methyl sites for hydroxylation is 3. The number of thiophene rings is 1. The van der Waals surface area contributed by atoms with Crippen LogP contribution in [0, 0.1) is 13.8 Å². The first-order valence-corrected chi connectivity index (χ1v) is 12.0. The van der Waals surface area contributed by atoms with E-state index in [9.17, 15) is 4.79 Å². The van der Waals surface area contributed by atoms with Crippen LogP contribution in [0.2, 0.25) is 0 Å². The van der Waals surface area contributed by atoms with Crippen molar-refractivity contribution in [3.63, 3.8) is 0 Å². The Bertz CT molecular complexity index is 1250. The van der Waals surface area contributed by atoms with E-state index < -0.39 is 0 Å². The second kappa shape index (κ2) is 10.5. The summed E-state index contributed by atoms with van der Waals surface area (Å²) < 4.78 is 5.35. The lowest BCUT2D eigenvalue weighted by Gasteiger charge is -2.21. The van der Waals surface area contributed by atoms with Gasteiger partial charge in [-0.15, -0.1) is 11.3 Å². The van der Waals surface area contributed by atoms with Gasteiger partial charge in [-0.2, -0.15) is 0 Å². The van der Waals surface area contributed by atoms with Crippen molar-refractivity contribution in [2.45, 2.75) is 33.2 Å². The van der Waals surface area contributed by atoms with Gasteiger partial charge in [-0.3, -0.25) is 4.79 Å². The summed E-state index contributed by atoms with van der Waals surface area (Å²) in [5, 5.41) is 7.46. The van der Waals surface area contributed by atoms with Crippen LogP contribution in [-0.2, 0) is 6.42 Å². The maximum absolute atomic E-state index is 13.0. The Morgan fingerprint density at radius 3 is 2.29 bits per heavy atom. The van der Waals surface area contributed by atoms with Gasteiger partial charge in [0.1, 0.15) is 10.8 Å². The van der Waals surface area contributed by atoms with Crippen LogP contribution in [0.25, 0.3) is 0 Å². The van der Waals surface area contributed by atoms with Gasteiger partial charge in [-0.1, -0.05) is 37.3 Å². The normalized spacial score (nSPS) is 11.6. The number of rotatable bonds is 8. The molecule has 0 fully saturated rings. The number of carbonyl (C=O) groups is 1. The lowest BCUT2D eigenvalue weighted by atomic mass is 9.99. The summed E-state index contributed by atoms with van der Waals surface area (Å²) in [5.74, 6) is 1.19. The highest BCUT2D eigenvalue weighted by Crippen LogP contribution is 2.38. The van der Waals surface area contributed by atoms with E-state index in [-0.39, 0.29) is 11.9 Å². The molecule has 2 heterocycles. The minimum Gasteiger partial charge on any atom is -0.497 e. The molecule has 2 aromatic carbocycles. The van der Waals surface area contributed by atoms with Crippen molar-refractivity contribution in [3.05, 3.63) is 99.7 Å². The number of benzene rings is 2. The predicted octanol–water partition coefficient (Wildman–Crippen LogP) is 6.18. The molecule has 0 unspecified atom stereocenters. The first-order chi connectivity index (χ1) is 16.5. The Kier molecular flexibility index (Phi) is 7.23.